The number of fused-ring (bicyclic) bond motifs is 1. The standard InChI is InChI=1S/C25H23N5O3S2/c1-32-20-10-4-2-9-18(20)23-28-29-25(30(23)14-16-7-6-12-33-16)34-15-22(31)27-24-19(13-26)17-8-3-5-11-21(17)35-24/h2,4,6-7,9-10,12H,3,5,8,11,14-15H2,1H3,(H,27,31). The van der Waals surface area contributed by atoms with Crippen LogP contribution in [0, 0.1) is 11.3 Å². The van der Waals surface area contributed by atoms with E-state index in [2.05, 4.69) is 21.6 Å². The van der Waals surface area contributed by atoms with Gasteiger partial charge in [-0.05, 0) is 55.5 Å². The number of nitrogens with zero attached hydrogens (tertiary/aromatic N) is 4. The highest BCUT2D eigenvalue weighted by atomic mass is 32.2. The fraction of sp³-hybridized carbons (Fsp3) is 0.280. The number of thiophene rings is 1. The number of nitrogens with one attached hydrogen (secondary N) is 1. The van der Waals surface area contributed by atoms with Gasteiger partial charge in [0.15, 0.2) is 11.0 Å². The van der Waals surface area contributed by atoms with Gasteiger partial charge in [0.2, 0.25) is 5.91 Å². The van der Waals surface area contributed by atoms with E-state index >= 15 is 0 Å². The topological polar surface area (TPSA) is 106 Å². The summed E-state index contributed by atoms with van der Waals surface area (Å²) < 4.78 is 13.0. The first-order valence-corrected chi connectivity index (χ1v) is 13.0. The third kappa shape index (κ3) is 4.83. The molecule has 0 saturated heterocycles. The van der Waals surface area contributed by atoms with Crippen molar-refractivity contribution in [2.24, 2.45) is 0 Å². The molecule has 1 N–H and O–H groups in total. The summed E-state index contributed by atoms with van der Waals surface area (Å²) in [5.41, 5.74) is 2.52. The van der Waals surface area contributed by atoms with E-state index in [-0.39, 0.29) is 11.7 Å². The predicted molar refractivity (Wildman–Crippen MR) is 135 cm³/mol. The Balaban J connectivity index is 1.37. The number of hydrogen-bond donors (Lipinski definition) is 1. The fourth-order valence-corrected chi connectivity index (χ4v) is 6.18. The number of anilines is 1. The second-order valence-corrected chi connectivity index (χ2v) is 10.1. The summed E-state index contributed by atoms with van der Waals surface area (Å²) in [7, 11) is 1.62. The van der Waals surface area contributed by atoms with Gasteiger partial charge in [0.05, 0.1) is 36.8 Å². The summed E-state index contributed by atoms with van der Waals surface area (Å²) in [6, 6.07) is 13.6. The molecule has 1 aliphatic rings. The molecule has 0 fully saturated rings. The van der Waals surface area contributed by atoms with E-state index < -0.39 is 0 Å². The van der Waals surface area contributed by atoms with E-state index in [1.807, 2.05) is 41.0 Å². The van der Waals surface area contributed by atoms with Crippen LogP contribution in [0.1, 0.15) is 34.6 Å². The maximum atomic E-state index is 12.8. The number of thioether (sulfide) groups is 1. The average Bonchev–Trinajstić information content (AvgIpc) is 3.62. The first kappa shape index (κ1) is 23.2. The molecule has 0 spiro atoms. The normalized spacial score (nSPS) is 12.7. The Morgan fingerprint density at radius 2 is 2.11 bits per heavy atom. The number of carbonyl (C=O) groups excluding carboxylic acids is 1. The first-order valence-electron chi connectivity index (χ1n) is 11.2. The van der Waals surface area contributed by atoms with Crippen molar-refractivity contribution in [1.29, 1.82) is 5.26 Å². The van der Waals surface area contributed by atoms with Gasteiger partial charge in [-0.25, -0.2) is 0 Å². The summed E-state index contributed by atoms with van der Waals surface area (Å²) in [5, 5.41) is 22.6. The molecular formula is C25H23N5O3S2. The van der Waals surface area contributed by atoms with Crippen molar-refractivity contribution < 1.29 is 13.9 Å². The van der Waals surface area contributed by atoms with Crippen LogP contribution in [0.3, 0.4) is 0 Å². The number of aromatic nitrogens is 3. The summed E-state index contributed by atoms with van der Waals surface area (Å²) in [4.78, 5) is 14.1. The molecule has 0 saturated carbocycles. The number of rotatable bonds is 8. The number of aryl methyl sites for hydroxylation is 1. The summed E-state index contributed by atoms with van der Waals surface area (Å²) in [6.07, 6.45) is 5.71. The SMILES string of the molecule is COc1ccccc1-c1nnc(SCC(=O)Nc2sc3c(c2C#N)CCCC3)n1Cc1ccco1. The number of amides is 1. The Kier molecular flexibility index (Phi) is 6.88. The quantitative estimate of drug-likeness (QED) is 0.331. The van der Waals surface area contributed by atoms with Gasteiger partial charge < -0.3 is 14.5 Å². The minimum absolute atomic E-state index is 0.135. The molecule has 0 radical (unpaired) electrons. The number of methoxy groups -OCH3 is 1. The monoisotopic (exact) mass is 505 g/mol. The Morgan fingerprint density at radius 3 is 2.91 bits per heavy atom. The van der Waals surface area contributed by atoms with E-state index in [1.54, 1.807) is 13.4 Å². The fourth-order valence-electron chi connectivity index (χ4n) is 4.19. The summed E-state index contributed by atoms with van der Waals surface area (Å²) in [6.45, 7) is 0.410. The van der Waals surface area contributed by atoms with Crippen LogP contribution < -0.4 is 10.1 Å². The van der Waals surface area contributed by atoms with E-state index in [1.165, 1.54) is 28.0 Å². The Hall–Kier alpha value is -3.55. The van der Waals surface area contributed by atoms with Gasteiger partial charge in [0.25, 0.3) is 0 Å². The molecule has 1 amide bonds. The molecule has 178 valence electrons. The van der Waals surface area contributed by atoms with Gasteiger partial charge in [-0.15, -0.1) is 21.5 Å². The van der Waals surface area contributed by atoms with Crippen LogP contribution in [-0.4, -0.2) is 33.5 Å². The van der Waals surface area contributed by atoms with Crippen LogP contribution >= 0.6 is 23.1 Å². The van der Waals surface area contributed by atoms with Crippen LogP contribution in [0.15, 0.2) is 52.2 Å². The van der Waals surface area contributed by atoms with Crippen molar-refractivity contribution >= 4 is 34.0 Å². The van der Waals surface area contributed by atoms with Crippen LogP contribution in [0.4, 0.5) is 5.00 Å². The van der Waals surface area contributed by atoms with Crippen molar-refractivity contribution in [2.75, 3.05) is 18.2 Å². The highest BCUT2D eigenvalue weighted by molar-refractivity contribution is 7.99. The average molecular weight is 506 g/mol. The Bertz CT molecular complexity index is 1380. The molecule has 0 aliphatic heterocycles. The molecule has 1 aliphatic carbocycles. The third-order valence-corrected chi connectivity index (χ3v) is 8.00. The second kappa shape index (κ2) is 10.4. The molecule has 1 aromatic carbocycles. The lowest BCUT2D eigenvalue weighted by atomic mass is 9.96. The number of para-hydroxylation sites is 1. The summed E-state index contributed by atoms with van der Waals surface area (Å²) >= 11 is 2.81. The lowest BCUT2D eigenvalue weighted by molar-refractivity contribution is -0.113. The zero-order valence-electron chi connectivity index (χ0n) is 19.1. The van der Waals surface area contributed by atoms with Crippen molar-refractivity contribution in [1.82, 2.24) is 14.8 Å². The van der Waals surface area contributed by atoms with E-state index in [0.717, 1.165) is 42.6 Å². The smallest absolute Gasteiger partial charge is 0.235 e. The maximum absolute atomic E-state index is 12.8. The van der Waals surface area contributed by atoms with Gasteiger partial charge in [0, 0.05) is 4.88 Å². The van der Waals surface area contributed by atoms with Crippen LogP contribution in [0.25, 0.3) is 11.4 Å². The second-order valence-electron chi connectivity index (χ2n) is 8.04. The van der Waals surface area contributed by atoms with Crippen LogP contribution in [0.5, 0.6) is 5.75 Å². The number of hydrogen-bond acceptors (Lipinski definition) is 8. The minimum atomic E-state index is -0.184. The highest BCUT2D eigenvalue weighted by Gasteiger charge is 2.23. The summed E-state index contributed by atoms with van der Waals surface area (Å²) in [5.74, 6) is 2.00. The molecule has 0 unspecified atom stereocenters. The highest BCUT2D eigenvalue weighted by Crippen LogP contribution is 2.38. The Labute approximate surface area is 210 Å². The largest absolute Gasteiger partial charge is 0.496 e. The van der Waals surface area contributed by atoms with Gasteiger partial charge in [-0.2, -0.15) is 5.26 Å². The number of carbonyl (C=O) groups is 1. The molecule has 0 bridgehead atoms. The van der Waals surface area contributed by atoms with Crippen molar-refractivity contribution in [3.8, 4) is 23.2 Å². The number of furan rings is 1. The number of nitriles is 1. The lowest BCUT2D eigenvalue weighted by Crippen LogP contribution is -2.15. The number of ether oxygens (including phenoxy) is 1. The number of benzene rings is 1. The molecule has 4 aromatic rings. The maximum Gasteiger partial charge on any atom is 0.235 e. The predicted octanol–water partition coefficient (Wildman–Crippen LogP) is 5.14. The van der Waals surface area contributed by atoms with Gasteiger partial charge in [-0.3, -0.25) is 9.36 Å². The van der Waals surface area contributed by atoms with Crippen molar-refractivity contribution in [3.63, 3.8) is 0 Å². The first-order chi connectivity index (χ1) is 17.2. The van der Waals surface area contributed by atoms with Gasteiger partial charge >= 0.3 is 0 Å². The van der Waals surface area contributed by atoms with Crippen LogP contribution in [0.2, 0.25) is 0 Å². The molecule has 3 heterocycles. The lowest BCUT2D eigenvalue weighted by Gasteiger charge is -2.11. The molecule has 0 atom stereocenters. The van der Waals surface area contributed by atoms with Gasteiger partial charge in [-0.1, -0.05) is 23.9 Å². The molecule has 5 rings (SSSR count). The minimum Gasteiger partial charge on any atom is -0.496 e. The van der Waals surface area contributed by atoms with E-state index in [0.29, 0.717) is 33.8 Å². The molecular weight excluding hydrogens is 482 g/mol. The third-order valence-electron chi connectivity index (χ3n) is 5.83. The molecule has 35 heavy (non-hydrogen) atoms. The van der Waals surface area contributed by atoms with Crippen molar-refractivity contribution in [2.45, 2.75) is 37.4 Å². The van der Waals surface area contributed by atoms with Crippen molar-refractivity contribution in [3.05, 3.63) is 64.4 Å². The zero-order valence-corrected chi connectivity index (χ0v) is 20.7. The molecule has 10 heteroatoms. The molecule has 3 aromatic heterocycles. The Morgan fingerprint density at radius 1 is 1.26 bits per heavy atom. The van der Waals surface area contributed by atoms with Gasteiger partial charge in [0.1, 0.15) is 22.6 Å². The van der Waals surface area contributed by atoms with E-state index in [4.69, 9.17) is 9.15 Å². The zero-order chi connectivity index (χ0) is 24.2. The van der Waals surface area contributed by atoms with Crippen LogP contribution in [-0.2, 0) is 24.2 Å². The molecule has 8 nitrogen and oxygen atoms in total. The van der Waals surface area contributed by atoms with E-state index in [9.17, 15) is 10.1 Å².